The largest absolute Gasteiger partial charge is 0.289 e. The van der Waals surface area contributed by atoms with E-state index in [1.165, 1.54) is 114 Å². The van der Waals surface area contributed by atoms with E-state index in [1.54, 1.807) is 48.5 Å². The van der Waals surface area contributed by atoms with Crippen LogP contribution in [0, 0.1) is 0 Å². The lowest BCUT2D eigenvalue weighted by atomic mass is 9.94. The first-order chi connectivity index (χ1) is 29.4. The predicted octanol–water partition coefficient (Wildman–Crippen LogP) is 14.7. The highest BCUT2D eigenvalue weighted by atomic mass is 16.1. The summed E-state index contributed by atoms with van der Waals surface area (Å²) >= 11 is 0. The molecular formula is C56H62O4. The molecule has 7 rings (SSSR count). The minimum Gasteiger partial charge on any atom is -0.289 e. The molecule has 0 amide bonds. The summed E-state index contributed by atoms with van der Waals surface area (Å²) in [6.45, 7) is 4.51. The van der Waals surface area contributed by atoms with Gasteiger partial charge in [0, 0.05) is 44.5 Å². The number of benzene rings is 5. The smallest absolute Gasteiger partial charge is 0.194 e. The zero-order chi connectivity index (χ0) is 41.8. The normalized spacial score (nSPS) is 12.4. The van der Waals surface area contributed by atoms with Crippen molar-refractivity contribution in [1.82, 2.24) is 0 Å². The molecule has 0 spiro atoms. The molecule has 0 bridgehead atoms. The highest BCUT2D eigenvalue weighted by molar-refractivity contribution is 6.24. The highest BCUT2D eigenvalue weighted by Gasteiger charge is 2.30. The molecule has 2 aliphatic rings. The maximum absolute atomic E-state index is 13.9. The molecule has 0 fully saturated rings. The van der Waals surface area contributed by atoms with E-state index >= 15 is 0 Å². The lowest BCUT2D eigenvalue weighted by Gasteiger charge is -2.08. The number of aryl methyl sites for hydroxylation is 2. The molecular weight excluding hydrogens is 737 g/mol. The molecule has 0 radical (unpaired) electrons. The van der Waals surface area contributed by atoms with Gasteiger partial charge in [-0.1, -0.05) is 183 Å². The van der Waals surface area contributed by atoms with Gasteiger partial charge in [0.1, 0.15) is 0 Å². The van der Waals surface area contributed by atoms with Crippen LogP contribution >= 0.6 is 0 Å². The second kappa shape index (κ2) is 20.8. The molecule has 0 aromatic heterocycles. The van der Waals surface area contributed by atoms with Crippen LogP contribution in [0.4, 0.5) is 0 Å². The van der Waals surface area contributed by atoms with Gasteiger partial charge in [0.15, 0.2) is 23.1 Å². The third-order valence-electron chi connectivity index (χ3n) is 12.8. The molecule has 60 heavy (non-hydrogen) atoms. The summed E-state index contributed by atoms with van der Waals surface area (Å²) in [6.07, 6.45) is 25.0. The third kappa shape index (κ3) is 10.0. The van der Waals surface area contributed by atoms with Crippen molar-refractivity contribution in [3.05, 3.63) is 153 Å². The Hall–Kier alpha value is -5.22. The predicted molar refractivity (Wildman–Crippen MR) is 246 cm³/mol. The highest BCUT2D eigenvalue weighted by Crippen LogP contribution is 2.40. The van der Waals surface area contributed by atoms with E-state index in [2.05, 4.69) is 38.1 Å². The third-order valence-corrected chi connectivity index (χ3v) is 12.8. The average Bonchev–Trinajstić information content (AvgIpc) is 3.72. The summed E-state index contributed by atoms with van der Waals surface area (Å²) in [4.78, 5) is 55.2. The Morgan fingerprint density at radius 1 is 0.333 bits per heavy atom. The van der Waals surface area contributed by atoms with Gasteiger partial charge < -0.3 is 0 Å². The lowest BCUT2D eigenvalue weighted by molar-refractivity contribution is 0.103. The van der Waals surface area contributed by atoms with Crippen LogP contribution in [0.25, 0.3) is 22.3 Å². The SMILES string of the molecule is CCCCCCCCCCCc1ccc2c(c1)C(=O)c1cc(C(=O)c3cccc(C(=O)c4ccc5c(c4)C(=O)c4cc(CCCCCCCCCCC)ccc4-5)c3)ccc1-2. The molecule has 0 N–H and O–H groups in total. The summed E-state index contributed by atoms with van der Waals surface area (Å²) in [6, 6.07) is 29.9. The number of hydrogen-bond acceptors (Lipinski definition) is 4. The zero-order valence-corrected chi connectivity index (χ0v) is 36.0. The monoisotopic (exact) mass is 798 g/mol. The summed E-state index contributed by atoms with van der Waals surface area (Å²) in [5.74, 6) is -0.591. The molecule has 0 aliphatic heterocycles. The van der Waals surface area contributed by atoms with Crippen LogP contribution in [0.5, 0.6) is 0 Å². The van der Waals surface area contributed by atoms with E-state index in [9.17, 15) is 19.2 Å². The van der Waals surface area contributed by atoms with Gasteiger partial charge >= 0.3 is 0 Å². The molecule has 0 unspecified atom stereocenters. The number of carbonyl (C=O) groups is 4. The topological polar surface area (TPSA) is 68.3 Å². The van der Waals surface area contributed by atoms with Crippen molar-refractivity contribution in [2.45, 2.75) is 142 Å². The van der Waals surface area contributed by atoms with Crippen molar-refractivity contribution < 1.29 is 19.2 Å². The van der Waals surface area contributed by atoms with E-state index in [4.69, 9.17) is 0 Å². The first-order valence-corrected chi connectivity index (χ1v) is 23.2. The molecule has 4 nitrogen and oxygen atoms in total. The molecule has 2 aliphatic carbocycles. The van der Waals surface area contributed by atoms with Crippen LogP contribution < -0.4 is 0 Å². The van der Waals surface area contributed by atoms with Gasteiger partial charge in [0.05, 0.1) is 0 Å². The van der Waals surface area contributed by atoms with Crippen LogP contribution in [0.2, 0.25) is 0 Å². The number of hydrogen-bond donors (Lipinski definition) is 0. The molecule has 4 heteroatoms. The Kier molecular flexibility index (Phi) is 14.9. The Labute approximate surface area is 358 Å². The van der Waals surface area contributed by atoms with E-state index in [1.807, 2.05) is 24.3 Å². The van der Waals surface area contributed by atoms with E-state index in [-0.39, 0.29) is 23.1 Å². The molecule has 0 atom stereocenters. The number of rotatable bonds is 24. The first kappa shape index (κ1) is 42.9. The van der Waals surface area contributed by atoms with Gasteiger partial charge in [0.2, 0.25) is 0 Å². The standard InChI is InChI=1S/C56H62O4/c1-3-5-7-9-11-13-15-17-19-22-39-26-30-45-47-32-28-43(37-51(47)55(59)49(45)34-39)53(57)41-24-21-25-42(36-41)54(58)44-29-33-48-46-31-27-40(35-50(46)56(60)52(48)38-44)23-20-18-16-14-12-10-8-6-4-2/h21,24-38H,3-20,22-23H2,1-2H3. The fourth-order valence-electron chi connectivity index (χ4n) is 9.26. The Bertz CT molecular complexity index is 2180. The van der Waals surface area contributed by atoms with Crippen molar-refractivity contribution in [1.29, 1.82) is 0 Å². The van der Waals surface area contributed by atoms with Gasteiger partial charge in [-0.05, 0) is 89.4 Å². The Morgan fingerprint density at radius 3 is 1.03 bits per heavy atom. The van der Waals surface area contributed by atoms with Crippen molar-refractivity contribution in [2.24, 2.45) is 0 Å². The van der Waals surface area contributed by atoms with Crippen LogP contribution in [-0.4, -0.2) is 23.1 Å². The molecule has 5 aromatic carbocycles. The fourth-order valence-corrected chi connectivity index (χ4v) is 9.26. The van der Waals surface area contributed by atoms with E-state index in [0.717, 1.165) is 47.9 Å². The maximum atomic E-state index is 13.9. The second-order valence-electron chi connectivity index (χ2n) is 17.3. The summed E-state index contributed by atoms with van der Waals surface area (Å²) in [7, 11) is 0. The Morgan fingerprint density at radius 2 is 0.650 bits per heavy atom. The van der Waals surface area contributed by atoms with Crippen LogP contribution in [-0.2, 0) is 12.8 Å². The van der Waals surface area contributed by atoms with E-state index in [0.29, 0.717) is 44.5 Å². The van der Waals surface area contributed by atoms with Crippen molar-refractivity contribution in [3.63, 3.8) is 0 Å². The number of unbranched alkanes of at least 4 members (excludes halogenated alkanes) is 16. The van der Waals surface area contributed by atoms with Gasteiger partial charge in [-0.15, -0.1) is 0 Å². The van der Waals surface area contributed by atoms with Gasteiger partial charge in [0.25, 0.3) is 0 Å². The molecule has 0 saturated carbocycles. The maximum Gasteiger partial charge on any atom is 0.194 e. The van der Waals surface area contributed by atoms with Crippen LogP contribution in [0.3, 0.4) is 0 Å². The van der Waals surface area contributed by atoms with Crippen LogP contribution in [0.15, 0.2) is 97.1 Å². The number of ketones is 4. The number of fused-ring (bicyclic) bond motifs is 6. The Balaban J connectivity index is 0.953. The lowest BCUT2D eigenvalue weighted by Crippen LogP contribution is -2.07. The minimum absolute atomic E-state index is 0.0455. The average molecular weight is 799 g/mol. The van der Waals surface area contributed by atoms with Gasteiger partial charge in [-0.2, -0.15) is 0 Å². The molecule has 0 saturated heterocycles. The first-order valence-electron chi connectivity index (χ1n) is 23.2. The summed E-state index contributed by atoms with van der Waals surface area (Å²) < 4.78 is 0. The molecule has 0 heterocycles. The zero-order valence-electron chi connectivity index (χ0n) is 36.0. The summed E-state index contributed by atoms with van der Waals surface area (Å²) in [5, 5.41) is 0. The van der Waals surface area contributed by atoms with E-state index < -0.39 is 0 Å². The van der Waals surface area contributed by atoms with Gasteiger partial charge in [-0.25, -0.2) is 0 Å². The summed E-state index contributed by atoms with van der Waals surface area (Å²) in [5.41, 5.74) is 9.98. The van der Waals surface area contributed by atoms with Crippen LogP contribution in [0.1, 0.15) is 204 Å². The van der Waals surface area contributed by atoms with Crippen molar-refractivity contribution >= 4 is 23.1 Å². The molecule has 310 valence electrons. The minimum atomic E-state index is -0.250. The van der Waals surface area contributed by atoms with Crippen molar-refractivity contribution in [3.8, 4) is 22.3 Å². The quantitative estimate of drug-likeness (QED) is 0.0451. The van der Waals surface area contributed by atoms with Gasteiger partial charge in [-0.3, -0.25) is 19.2 Å². The fraction of sp³-hybridized carbons (Fsp3) is 0.393. The molecule has 5 aromatic rings. The number of carbonyl (C=O) groups excluding carboxylic acids is 4. The second-order valence-corrected chi connectivity index (χ2v) is 17.3. The van der Waals surface area contributed by atoms with Crippen molar-refractivity contribution in [2.75, 3.05) is 0 Å².